The van der Waals surface area contributed by atoms with Gasteiger partial charge in [0, 0.05) is 37.3 Å². The minimum Gasteiger partial charge on any atom is -0.379 e. The molecule has 18 heteroatoms. The monoisotopic (exact) mass is 735 g/mol. The number of imide groups is 1. The fourth-order valence-electron chi connectivity index (χ4n) is 3.71. The molecule has 0 bridgehead atoms. The van der Waals surface area contributed by atoms with Crippen LogP contribution < -0.4 is 5.73 Å². The number of hydrogen-bond donors (Lipinski definition) is 1. The lowest BCUT2D eigenvalue weighted by Crippen LogP contribution is -2.32. The van der Waals surface area contributed by atoms with E-state index in [1.807, 2.05) is 18.2 Å². The molecule has 3 amide bonds. The van der Waals surface area contributed by atoms with Gasteiger partial charge in [0.2, 0.25) is 5.91 Å². The van der Waals surface area contributed by atoms with Gasteiger partial charge in [0.1, 0.15) is 5.03 Å². The Balaban J connectivity index is 1.22. The smallest absolute Gasteiger partial charge is 0.335 e. The highest BCUT2D eigenvalue weighted by Crippen LogP contribution is 2.31. The van der Waals surface area contributed by atoms with Crippen LogP contribution in [0.2, 0.25) is 0 Å². The Morgan fingerprint density at radius 2 is 1.14 bits per heavy atom. The average Bonchev–Trinajstić information content (AvgIpc) is 3.41. The fraction of sp³-hybridized carbons (Fsp3) is 0.710. The van der Waals surface area contributed by atoms with Crippen molar-refractivity contribution in [2.24, 2.45) is 11.7 Å². The number of pyridine rings is 1. The Morgan fingerprint density at radius 1 is 0.694 bits per heavy atom. The van der Waals surface area contributed by atoms with Crippen molar-refractivity contribution in [3.05, 3.63) is 24.4 Å². The zero-order chi connectivity index (χ0) is 35.2. The van der Waals surface area contributed by atoms with Gasteiger partial charge in [-0.1, -0.05) is 16.9 Å². The third kappa shape index (κ3) is 22.9. The molecule has 1 aromatic heterocycles. The Bertz CT molecular complexity index is 1030. The van der Waals surface area contributed by atoms with Crippen molar-refractivity contribution in [2.45, 2.75) is 30.7 Å². The number of nitrogens with zero attached hydrogens (tertiary/aromatic N) is 2. The summed E-state index contributed by atoms with van der Waals surface area (Å²) >= 11 is 0. The van der Waals surface area contributed by atoms with E-state index in [2.05, 4.69) is 4.98 Å². The summed E-state index contributed by atoms with van der Waals surface area (Å²) in [6.45, 7) is 6.36. The van der Waals surface area contributed by atoms with E-state index in [9.17, 15) is 19.2 Å². The topological polar surface area (TPSA) is 194 Å². The number of hydrogen-bond acceptors (Lipinski definition) is 16. The molecular weight excluding hydrogens is 686 g/mol. The van der Waals surface area contributed by atoms with Crippen LogP contribution >= 0.6 is 21.6 Å². The van der Waals surface area contributed by atoms with E-state index >= 15 is 0 Å². The number of carbonyl (C=O) groups is 4. The van der Waals surface area contributed by atoms with Gasteiger partial charge in [-0.15, -0.1) is 5.06 Å². The predicted molar refractivity (Wildman–Crippen MR) is 178 cm³/mol. The van der Waals surface area contributed by atoms with Crippen LogP contribution in [0.1, 0.15) is 25.7 Å². The van der Waals surface area contributed by atoms with E-state index in [4.69, 9.17) is 48.5 Å². The lowest BCUT2D eigenvalue weighted by molar-refractivity contribution is -0.198. The lowest BCUT2D eigenvalue weighted by atomic mass is 10.1. The van der Waals surface area contributed by atoms with Crippen LogP contribution in [0.3, 0.4) is 0 Å². The van der Waals surface area contributed by atoms with Crippen molar-refractivity contribution in [2.75, 3.05) is 111 Å². The molecule has 1 aliphatic rings. The summed E-state index contributed by atoms with van der Waals surface area (Å²) in [6.07, 6.45) is 2.33. The van der Waals surface area contributed by atoms with Crippen molar-refractivity contribution in [3.8, 4) is 0 Å². The number of hydroxylamine groups is 2. The maximum Gasteiger partial charge on any atom is 0.335 e. The Hall–Kier alpha value is -2.39. The Labute approximate surface area is 295 Å². The SMILES string of the molecule is NC(=O)C(CCOCCOCCOCCOCCOCCOCCOCCOCCC(=O)ON1C(=O)CCC1=O)CSSc1ccccn1. The lowest BCUT2D eigenvalue weighted by Gasteiger charge is -2.13. The first-order valence-electron chi connectivity index (χ1n) is 16.2. The number of nitrogens with two attached hydrogens (primary N) is 1. The van der Waals surface area contributed by atoms with Crippen molar-refractivity contribution >= 4 is 45.3 Å². The molecule has 2 rings (SSSR count). The third-order valence-electron chi connectivity index (χ3n) is 6.32. The van der Waals surface area contributed by atoms with Gasteiger partial charge in [0.25, 0.3) is 11.8 Å². The number of ether oxygens (including phenoxy) is 8. The van der Waals surface area contributed by atoms with E-state index in [0.29, 0.717) is 110 Å². The van der Waals surface area contributed by atoms with E-state index in [-0.39, 0.29) is 44.3 Å². The van der Waals surface area contributed by atoms with Crippen LogP contribution in [0.15, 0.2) is 29.4 Å². The summed E-state index contributed by atoms with van der Waals surface area (Å²) in [5, 5.41) is 1.41. The number of primary amides is 1. The summed E-state index contributed by atoms with van der Waals surface area (Å²) in [4.78, 5) is 55.1. The maximum absolute atomic E-state index is 11.7. The molecule has 0 spiro atoms. The van der Waals surface area contributed by atoms with Gasteiger partial charge in [-0.25, -0.2) is 9.78 Å². The second-order valence-electron chi connectivity index (χ2n) is 10.1. The number of aromatic nitrogens is 1. The predicted octanol–water partition coefficient (Wildman–Crippen LogP) is 1.44. The highest BCUT2D eigenvalue weighted by Gasteiger charge is 2.32. The molecule has 0 saturated carbocycles. The van der Waals surface area contributed by atoms with Crippen molar-refractivity contribution in [1.29, 1.82) is 0 Å². The molecule has 0 radical (unpaired) electrons. The average molecular weight is 736 g/mol. The minimum absolute atomic E-state index is 0.0559. The number of rotatable bonds is 33. The van der Waals surface area contributed by atoms with Crippen LogP contribution in [0.25, 0.3) is 0 Å². The van der Waals surface area contributed by atoms with Gasteiger partial charge in [0.05, 0.1) is 106 Å². The third-order valence-corrected chi connectivity index (χ3v) is 8.66. The molecule has 2 heterocycles. The summed E-state index contributed by atoms with van der Waals surface area (Å²) in [7, 11) is 3.08. The van der Waals surface area contributed by atoms with E-state index in [1.54, 1.807) is 17.0 Å². The molecule has 16 nitrogen and oxygen atoms in total. The second-order valence-corrected chi connectivity index (χ2v) is 12.5. The molecule has 1 aliphatic heterocycles. The van der Waals surface area contributed by atoms with Crippen molar-refractivity contribution < 1.29 is 61.9 Å². The highest BCUT2D eigenvalue weighted by atomic mass is 33.1. The minimum atomic E-state index is -0.703. The first-order chi connectivity index (χ1) is 24.0. The maximum atomic E-state index is 11.7. The van der Waals surface area contributed by atoms with Gasteiger partial charge in [-0.05, 0) is 29.3 Å². The van der Waals surface area contributed by atoms with Crippen molar-refractivity contribution in [1.82, 2.24) is 10.0 Å². The van der Waals surface area contributed by atoms with Crippen LogP contribution in [0, 0.1) is 5.92 Å². The molecule has 0 aromatic carbocycles. The molecule has 1 saturated heterocycles. The van der Waals surface area contributed by atoms with Gasteiger partial charge in [-0.2, -0.15) is 0 Å². The van der Waals surface area contributed by atoms with Gasteiger partial charge >= 0.3 is 5.97 Å². The van der Waals surface area contributed by atoms with Crippen LogP contribution in [-0.4, -0.2) is 145 Å². The number of amides is 3. The molecule has 49 heavy (non-hydrogen) atoms. The standard InChI is InChI=1S/C31H49N3O13S2/c32-31(38)26(25-48-49-27-3-1-2-8-33-27)6-9-39-11-13-41-15-17-43-19-21-45-23-24-46-22-20-44-18-16-42-14-12-40-10-7-30(37)47-34-28(35)4-5-29(34)36/h1-3,8,26H,4-7,9-25H2,(H2,32,38). The highest BCUT2D eigenvalue weighted by molar-refractivity contribution is 8.76. The summed E-state index contributed by atoms with van der Waals surface area (Å²) < 4.78 is 43.5. The fourth-order valence-corrected chi connectivity index (χ4v) is 5.99. The Kier molecular flexibility index (Phi) is 25.6. The van der Waals surface area contributed by atoms with Crippen molar-refractivity contribution in [3.63, 3.8) is 0 Å². The normalized spacial score (nSPS) is 13.7. The molecule has 1 atom stereocenters. The zero-order valence-electron chi connectivity index (χ0n) is 27.8. The molecule has 1 unspecified atom stereocenters. The van der Waals surface area contributed by atoms with Crippen LogP contribution in [0.5, 0.6) is 0 Å². The number of carbonyl (C=O) groups excluding carboxylic acids is 4. The molecule has 1 fully saturated rings. The zero-order valence-corrected chi connectivity index (χ0v) is 29.5. The molecule has 278 valence electrons. The first-order valence-corrected chi connectivity index (χ1v) is 18.5. The summed E-state index contributed by atoms with van der Waals surface area (Å²) in [6, 6.07) is 5.70. The molecule has 1 aromatic rings. The molecule has 0 aliphatic carbocycles. The summed E-state index contributed by atoms with van der Waals surface area (Å²) in [5.41, 5.74) is 5.52. The van der Waals surface area contributed by atoms with Gasteiger partial charge in [-0.3, -0.25) is 14.4 Å². The molecular formula is C31H49N3O13S2. The van der Waals surface area contributed by atoms with E-state index < -0.39 is 17.8 Å². The largest absolute Gasteiger partial charge is 0.379 e. The van der Waals surface area contributed by atoms with Gasteiger partial charge in [0.15, 0.2) is 0 Å². The second kappa shape index (κ2) is 29.4. The Morgan fingerprint density at radius 3 is 1.57 bits per heavy atom. The van der Waals surface area contributed by atoms with Crippen LogP contribution in [-0.2, 0) is 61.9 Å². The van der Waals surface area contributed by atoms with Gasteiger partial charge < -0.3 is 48.5 Å². The van der Waals surface area contributed by atoms with Crippen LogP contribution in [0.4, 0.5) is 0 Å². The van der Waals surface area contributed by atoms with E-state index in [1.165, 1.54) is 10.8 Å². The van der Waals surface area contributed by atoms with E-state index in [0.717, 1.165) is 5.03 Å². The first kappa shape index (κ1) is 42.8. The molecule has 2 N–H and O–H groups in total. The quantitative estimate of drug-likeness (QED) is 0.0619. The summed E-state index contributed by atoms with van der Waals surface area (Å²) in [5.74, 6) is -1.72.